The number of nitrogens with one attached hydrogen (secondary N) is 1. The standard InChI is InChI=1S/C35H40ClF2N9O5S/c1-34(2,3)19-35(24-9-6-21(7-10-24)23-15-41-46(16-23)31(37)38)30(48)47(32(39)43-35)29(18-52-33(49)42-25-11-12-25)22-8-13-27(36)26(14-22)28-17-45(20-40-28)53(50,51)44(4)5/h6-10,13-17,20,25,29,31H,11-12,18-19H2,1-5H3,(H2,39,43)(H,42,49). The summed E-state index contributed by atoms with van der Waals surface area (Å²) in [4.78, 5) is 38.2. The summed E-state index contributed by atoms with van der Waals surface area (Å²) in [5, 5.41) is 6.75. The number of alkyl carbamates (subject to hydrolysis) is 1. The number of benzene rings is 2. The Kier molecular flexibility index (Phi) is 10.1. The van der Waals surface area contributed by atoms with Gasteiger partial charge in [-0.1, -0.05) is 62.7 Å². The highest BCUT2D eigenvalue weighted by Crippen LogP contribution is 2.45. The highest BCUT2D eigenvalue weighted by Gasteiger charge is 2.53. The molecule has 1 fully saturated rings. The molecule has 0 radical (unpaired) electrons. The fourth-order valence-corrected chi connectivity index (χ4v) is 7.21. The van der Waals surface area contributed by atoms with Gasteiger partial charge in [-0.05, 0) is 53.5 Å². The van der Waals surface area contributed by atoms with Crippen molar-refractivity contribution in [3.63, 3.8) is 0 Å². The van der Waals surface area contributed by atoms with Crippen molar-refractivity contribution in [3.8, 4) is 22.4 Å². The minimum atomic E-state index is -3.87. The molecule has 1 aliphatic heterocycles. The van der Waals surface area contributed by atoms with Gasteiger partial charge in [-0.25, -0.2) is 23.4 Å². The van der Waals surface area contributed by atoms with Crippen molar-refractivity contribution < 1.29 is 31.5 Å². The average molecular weight is 772 g/mol. The first kappa shape index (κ1) is 37.9. The van der Waals surface area contributed by atoms with Gasteiger partial charge in [0.2, 0.25) is 0 Å². The van der Waals surface area contributed by atoms with Crippen molar-refractivity contribution in [2.75, 3.05) is 20.7 Å². The molecular formula is C35H40ClF2N9O5S. The topological polar surface area (TPSA) is 170 Å². The maximum Gasteiger partial charge on any atom is 0.407 e. The molecule has 4 aromatic rings. The fraction of sp³-hybridized carbons (Fsp3) is 0.400. The maximum absolute atomic E-state index is 15.0. The number of hydrogen-bond acceptors (Lipinski definition) is 9. The number of carbonyl (C=O) groups is 2. The van der Waals surface area contributed by atoms with E-state index in [-0.39, 0.29) is 35.7 Å². The quantitative estimate of drug-likeness (QED) is 0.189. The Hall–Kier alpha value is -4.87. The van der Waals surface area contributed by atoms with E-state index in [4.69, 9.17) is 27.1 Å². The van der Waals surface area contributed by atoms with Crippen LogP contribution >= 0.6 is 11.6 Å². The molecule has 2 amide bonds. The molecule has 3 N–H and O–H groups in total. The summed E-state index contributed by atoms with van der Waals surface area (Å²) in [6, 6.07) is 10.7. The van der Waals surface area contributed by atoms with Gasteiger partial charge in [-0.3, -0.25) is 9.69 Å². The Morgan fingerprint density at radius 1 is 1.13 bits per heavy atom. The van der Waals surface area contributed by atoms with Crippen LogP contribution in [-0.4, -0.2) is 81.1 Å². The van der Waals surface area contributed by atoms with Crippen LogP contribution in [0.5, 0.6) is 0 Å². The first-order valence-corrected chi connectivity index (χ1v) is 18.5. The first-order chi connectivity index (χ1) is 24.9. The number of amides is 2. The van der Waals surface area contributed by atoms with Crippen LogP contribution in [-0.2, 0) is 25.3 Å². The molecule has 53 heavy (non-hydrogen) atoms. The van der Waals surface area contributed by atoms with E-state index in [2.05, 4.69) is 15.4 Å². The molecule has 282 valence electrons. The van der Waals surface area contributed by atoms with Gasteiger partial charge in [0.1, 0.15) is 12.9 Å². The third-order valence-corrected chi connectivity index (χ3v) is 10.9. The number of nitrogens with zero attached hydrogens (tertiary/aromatic N) is 7. The number of hydrogen-bond donors (Lipinski definition) is 2. The van der Waals surface area contributed by atoms with Gasteiger partial charge in [-0.15, -0.1) is 0 Å². The molecule has 1 aliphatic carbocycles. The molecule has 2 unspecified atom stereocenters. The van der Waals surface area contributed by atoms with Gasteiger partial charge in [0.15, 0.2) is 11.5 Å². The van der Waals surface area contributed by atoms with E-state index in [9.17, 15) is 26.8 Å². The Labute approximate surface area is 310 Å². The van der Waals surface area contributed by atoms with Crippen molar-refractivity contribution in [1.29, 1.82) is 0 Å². The van der Waals surface area contributed by atoms with Gasteiger partial charge >= 0.3 is 22.9 Å². The molecule has 3 heterocycles. The van der Waals surface area contributed by atoms with Crippen LogP contribution in [0.4, 0.5) is 13.6 Å². The van der Waals surface area contributed by atoms with Crippen LogP contribution in [0.3, 0.4) is 0 Å². The Morgan fingerprint density at radius 2 is 1.83 bits per heavy atom. The number of imidazole rings is 1. The number of rotatable bonds is 12. The number of halogens is 3. The minimum Gasteiger partial charge on any atom is -0.447 e. The van der Waals surface area contributed by atoms with E-state index in [1.807, 2.05) is 20.8 Å². The number of guanidine groups is 1. The van der Waals surface area contributed by atoms with Gasteiger partial charge in [0.25, 0.3) is 5.91 Å². The van der Waals surface area contributed by atoms with Gasteiger partial charge in [0, 0.05) is 43.7 Å². The van der Waals surface area contributed by atoms with E-state index < -0.39 is 45.8 Å². The molecule has 0 saturated heterocycles. The second kappa shape index (κ2) is 14.2. The van der Waals surface area contributed by atoms with E-state index in [1.54, 1.807) is 42.5 Å². The predicted molar refractivity (Wildman–Crippen MR) is 194 cm³/mol. The van der Waals surface area contributed by atoms with Gasteiger partial charge < -0.3 is 15.8 Å². The summed E-state index contributed by atoms with van der Waals surface area (Å²) >= 11 is 6.63. The Morgan fingerprint density at radius 3 is 2.43 bits per heavy atom. The number of carbonyl (C=O) groups excluding carboxylic acids is 2. The van der Waals surface area contributed by atoms with Crippen LogP contribution in [0.15, 0.2) is 72.4 Å². The lowest BCUT2D eigenvalue weighted by molar-refractivity contribution is -0.135. The Bertz CT molecular complexity index is 2160. The summed E-state index contributed by atoms with van der Waals surface area (Å²) in [5.74, 6) is -0.590. The fourth-order valence-electron chi connectivity index (χ4n) is 6.22. The lowest BCUT2D eigenvalue weighted by atomic mass is 9.75. The van der Waals surface area contributed by atoms with Crippen LogP contribution in [0.25, 0.3) is 22.4 Å². The zero-order valence-electron chi connectivity index (χ0n) is 29.7. The second-order valence-corrected chi connectivity index (χ2v) is 16.9. The molecule has 0 spiro atoms. The van der Waals surface area contributed by atoms with Crippen molar-refractivity contribution in [2.24, 2.45) is 16.1 Å². The van der Waals surface area contributed by atoms with Gasteiger partial charge in [0.05, 0.1) is 23.0 Å². The molecule has 6 rings (SSSR count). The molecule has 2 atom stereocenters. The van der Waals surface area contributed by atoms with E-state index in [0.29, 0.717) is 32.5 Å². The molecule has 18 heteroatoms. The van der Waals surface area contributed by atoms with Crippen molar-refractivity contribution in [3.05, 3.63) is 83.5 Å². The number of aromatic nitrogens is 4. The number of nitrogens with two attached hydrogens (primary N) is 1. The molecular weight excluding hydrogens is 732 g/mol. The summed E-state index contributed by atoms with van der Waals surface area (Å²) < 4.78 is 60.2. The lowest BCUT2D eigenvalue weighted by Crippen LogP contribution is -2.47. The highest BCUT2D eigenvalue weighted by atomic mass is 35.5. The largest absolute Gasteiger partial charge is 0.447 e. The van der Waals surface area contributed by atoms with E-state index in [0.717, 1.165) is 27.4 Å². The molecule has 1 saturated carbocycles. The second-order valence-electron chi connectivity index (χ2n) is 14.5. The normalized spacial score (nSPS) is 18.5. The average Bonchev–Trinajstić information content (AvgIpc) is 3.45. The Balaban J connectivity index is 1.40. The van der Waals surface area contributed by atoms with Crippen molar-refractivity contribution in [1.82, 2.24) is 33.3 Å². The van der Waals surface area contributed by atoms with Crippen LogP contribution in [0, 0.1) is 5.41 Å². The smallest absolute Gasteiger partial charge is 0.407 e. The SMILES string of the molecule is CN(C)S(=O)(=O)n1cnc(-c2cc(C(COC(=O)NC3CC3)N3C(=O)C(CC(C)(C)C)(c4ccc(-c5cnn(C(F)F)c5)cc4)N=C3N)ccc2Cl)c1. The van der Waals surface area contributed by atoms with E-state index >= 15 is 0 Å². The van der Waals surface area contributed by atoms with Crippen LogP contribution < -0.4 is 11.1 Å². The first-order valence-electron chi connectivity index (χ1n) is 16.7. The monoisotopic (exact) mass is 771 g/mol. The van der Waals surface area contributed by atoms with E-state index in [1.165, 1.54) is 37.6 Å². The lowest BCUT2D eigenvalue weighted by Gasteiger charge is -2.35. The molecule has 2 aliphatic rings. The number of aliphatic imine (C=N–C) groups is 1. The van der Waals surface area contributed by atoms with Crippen molar-refractivity contribution in [2.45, 2.75) is 64.2 Å². The molecule has 0 bridgehead atoms. The number of ether oxygens (including phenoxy) is 1. The van der Waals surface area contributed by atoms with Crippen LogP contribution in [0.2, 0.25) is 5.02 Å². The third-order valence-electron chi connectivity index (χ3n) is 8.93. The summed E-state index contributed by atoms with van der Waals surface area (Å²) in [7, 11) is -1.08. The summed E-state index contributed by atoms with van der Waals surface area (Å²) in [6.07, 6.45) is 6.29. The predicted octanol–water partition coefficient (Wildman–Crippen LogP) is 5.53. The summed E-state index contributed by atoms with van der Waals surface area (Å²) in [5.41, 5.74) is 7.35. The number of alkyl halides is 2. The molecule has 2 aromatic carbocycles. The van der Waals surface area contributed by atoms with Crippen LogP contribution in [0.1, 0.15) is 63.8 Å². The third kappa shape index (κ3) is 7.77. The summed E-state index contributed by atoms with van der Waals surface area (Å²) in [6.45, 7) is 2.79. The highest BCUT2D eigenvalue weighted by molar-refractivity contribution is 7.87. The zero-order valence-corrected chi connectivity index (χ0v) is 31.3. The van der Waals surface area contributed by atoms with Crippen molar-refractivity contribution >= 4 is 39.8 Å². The minimum absolute atomic E-state index is 0.0174. The van der Waals surface area contributed by atoms with Gasteiger partial charge in [-0.2, -0.15) is 26.6 Å². The molecule has 2 aromatic heterocycles. The maximum atomic E-state index is 15.0. The zero-order chi connectivity index (χ0) is 38.5. The molecule has 14 nitrogen and oxygen atoms in total.